The largest absolute Gasteiger partial charge is 0.313 e. The van der Waals surface area contributed by atoms with Crippen LogP contribution >= 0.6 is 0 Å². The fourth-order valence-corrected chi connectivity index (χ4v) is 3.22. The van der Waals surface area contributed by atoms with E-state index in [2.05, 4.69) is 26.1 Å². The fraction of sp³-hybridized carbons (Fsp3) is 0.571. The third-order valence-corrected chi connectivity index (χ3v) is 4.66. The average molecular weight is 271 g/mol. The molecule has 1 aromatic carbocycles. The summed E-state index contributed by atoms with van der Waals surface area (Å²) in [6, 6.07) is 6.17. The zero-order chi connectivity index (χ0) is 13.5. The molecule has 18 heavy (non-hydrogen) atoms. The summed E-state index contributed by atoms with van der Waals surface area (Å²) in [7, 11) is -1.07. The molecule has 3 unspecified atom stereocenters. The smallest absolute Gasteiger partial charge is 0.123 e. The van der Waals surface area contributed by atoms with Gasteiger partial charge in [-0.1, -0.05) is 27.2 Å². The molecule has 0 fully saturated rings. The van der Waals surface area contributed by atoms with Crippen LogP contribution in [0, 0.1) is 11.7 Å². The van der Waals surface area contributed by atoms with Crippen molar-refractivity contribution in [3.8, 4) is 0 Å². The monoisotopic (exact) mass is 271 g/mol. The van der Waals surface area contributed by atoms with Gasteiger partial charge in [0.05, 0.1) is 10.8 Å². The standard InChI is InChI=1S/C14H22FNOS/c1-4-11(3)14(16-5-2)10-18(17)13-8-6-12(15)7-9-13/h6-9,11,14,16H,4-5,10H2,1-3H3. The molecule has 102 valence electrons. The van der Waals surface area contributed by atoms with E-state index in [1.165, 1.54) is 12.1 Å². The van der Waals surface area contributed by atoms with Crippen LogP contribution in [0.15, 0.2) is 29.2 Å². The van der Waals surface area contributed by atoms with Crippen LogP contribution in [-0.4, -0.2) is 22.5 Å². The van der Waals surface area contributed by atoms with E-state index in [1.54, 1.807) is 12.1 Å². The summed E-state index contributed by atoms with van der Waals surface area (Å²) in [5, 5.41) is 3.38. The van der Waals surface area contributed by atoms with E-state index in [0.29, 0.717) is 16.6 Å². The highest BCUT2D eigenvalue weighted by molar-refractivity contribution is 7.85. The zero-order valence-corrected chi connectivity index (χ0v) is 12.1. The zero-order valence-electron chi connectivity index (χ0n) is 11.3. The quantitative estimate of drug-likeness (QED) is 0.826. The lowest BCUT2D eigenvalue weighted by Crippen LogP contribution is -2.39. The molecule has 1 N–H and O–H groups in total. The Morgan fingerprint density at radius 3 is 2.39 bits per heavy atom. The van der Waals surface area contributed by atoms with Crippen molar-refractivity contribution in [2.24, 2.45) is 5.92 Å². The van der Waals surface area contributed by atoms with Crippen LogP contribution in [-0.2, 0) is 10.8 Å². The summed E-state index contributed by atoms with van der Waals surface area (Å²) in [6.45, 7) is 7.22. The van der Waals surface area contributed by atoms with Crippen LogP contribution in [0.2, 0.25) is 0 Å². The summed E-state index contributed by atoms with van der Waals surface area (Å²) in [4.78, 5) is 0.697. The van der Waals surface area contributed by atoms with Gasteiger partial charge in [0.15, 0.2) is 0 Å². The predicted molar refractivity (Wildman–Crippen MR) is 74.6 cm³/mol. The highest BCUT2D eigenvalue weighted by atomic mass is 32.2. The Morgan fingerprint density at radius 1 is 1.28 bits per heavy atom. The molecule has 4 heteroatoms. The van der Waals surface area contributed by atoms with Crippen LogP contribution in [0.4, 0.5) is 4.39 Å². The van der Waals surface area contributed by atoms with E-state index in [0.717, 1.165) is 13.0 Å². The maximum Gasteiger partial charge on any atom is 0.123 e. The Bertz CT molecular complexity index is 380. The highest BCUT2D eigenvalue weighted by Gasteiger charge is 2.18. The molecular formula is C14H22FNOS. The van der Waals surface area contributed by atoms with Crippen molar-refractivity contribution in [3.05, 3.63) is 30.1 Å². The lowest BCUT2D eigenvalue weighted by molar-refractivity contribution is 0.401. The molecule has 0 saturated carbocycles. The molecule has 0 aliphatic carbocycles. The maximum atomic E-state index is 12.8. The summed E-state index contributed by atoms with van der Waals surface area (Å²) < 4.78 is 25.0. The Balaban J connectivity index is 2.68. The van der Waals surface area contributed by atoms with Crippen molar-refractivity contribution >= 4 is 10.8 Å². The van der Waals surface area contributed by atoms with Crippen molar-refractivity contribution < 1.29 is 8.60 Å². The molecule has 0 bridgehead atoms. The first-order valence-electron chi connectivity index (χ1n) is 6.45. The molecule has 0 saturated heterocycles. The lowest BCUT2D eigenvalue weighted by Gasteiger charge is -2.23. The van der Waals surface area contributed by atoms with Gasteiger partial charge in [0.2, 0.25) is 0 Å². The molecule has 0 aliphatic rings. The molecule has 1 aromatic rings. The van der Waals surface area contributed by atoms with Crippen LogP contribution in [0.1, 0.15) is 27.2 Å². The van der Waals surface area contributed by atoms with Crippen molar-refractivity contribution in [2.75, 3.05) is 12.3 Å². The van der Waals surface area contributed by atoms with Gasteiger partial charge in [0.1, 0.15) is 5.82 Å². The van der Waals surface area contributed by atoms with Gasteiger partial charge < -0.3 is 5.32 Å². The van der Waals surface area contributed by atoms with E-state index >= 15 is 0 Å². The second-order valence-corrected chi connectivity index (χ2v) is 6.01. The average Bonchev–Trinajstić information content (AvgIpc) is 2.38. The van der Waals surface area contributed by atoms with Crippen molar-refractivity contribution in [1.82, 2.24) is 5.32 Å². The van der Waals surface area contributed by atoms with E-state index in [-0.39, 0.29) is 11.9 Å². The van der Waals surface area contributed by atoms with Crippen LogP contribution < -0.4 is 5.32 Å². The Kier molecular flexibility index (Phi) is 6.50. The minimum Gasteiger partial charge on any atom is -0.313 e. The first-order chi connectivity index (χ1) is 8.58. The second-order valence-electron chi connectivity index (χ2n) is 4.52. The van der Waals surface area contributed by atoms with E-state index in [4.69, 9.17) is 0 Å². The summed E-state index contributed by atoms with van der Waals surface area (Å²) in [5.41, 5.74) is 0. The number of hydrogen-bond donors (Lipinski definition) is 1. The van der Waals surface area contributed by atoms with Gasteiger partial charge in [-0.15, -0.1) is 0 Å². The third kappa shape index (κ3) is 4.50. The van der Waals surface area contributed by atoms with E-state index < -0.39 is 10.8 Å². The number of rotatable bonds is 7. The first kappa shape index (κ1) is 15.3. The highest BCUT2D eigenvalue weighted by Crippen LogP contribution is 2.14. The van der Waals surface area contributed by atoms with Gasteiger partial charge in [-0.3, -0.25) is 4.21 Å². The van der Waals surface area contributed by atoms with Crippen LogP contribution in [0.5, 0.6) is 0 Å². The molecule has 0 radical (unpaired) electrons. The number of nitrogens with one attached hydrogen (secondary N) is 1. The van der Waals surface area contributed by atoms with Crippen LogP contribution in [0.25, 0.3) is 0 Å². The molecule has 2 nitrogen and oxygen atoms in total. The number of hydrogen-bond acceptors (Lipinski definition) is 2. The Hall–Kier alpha value is -0.740. The van der Waals surface area contributed by atoms with Gasteiger partial charge in [-0.2, -0.15) is 0 Å². The Morgan fingerprint density at radius 2 is 1.89 bits per heavy atom. The normalized spacial score (nSPS) is 16.2. The first-order valence-corrected chi connectivity index (χ1v) is 7.77. The molecule has 0 heterocycles. The lowest BCUT2D eigenvalue weighted by atomic mass is 10.0. The fourth-order valence-electron chi connectivity index (χ4n) is 1.82. The van der Waals surface area contributed by atoms with Gasteiger partial charge in [0, 0.05) is 16.7 Å². The second kappa shape index (κ2) is 7.64. The maximum absolute atomic E-state index is 12.8. The minimum absolute atomic E-state index is 0.242. The predicted octanol–water partition coefficient (Wildman–Crippen LogP) is 2.96. The topological polar surface area (TPSA) is 29.1 Å². The van der Waals surface area contributed by atoms with Crippen LogP contribution in [0.3, 0.4) is 0 Å². The number of halogens is 1. The van der Waals surface area contributed by atoms with Gasteiger partial charge in [0.25, 0.3) is 0 Å². The molecule has 0 spiro atoms. The van der Waals surface area contributed by atoms with Gasteiger partial charge in [-0.05, 0) is 36.7 Å². The van der Waals surface area contributed by atoms with E-state index in [9.17, 15) is 8.60 Å². The van der Waals surface area contributed by atoms with Crippen molar-refractivity contribution in [3.63, 3.8) is 0 Å². The minimum atomic E-state index is -1.07. The van der Waals surface area contributed by atoms with Gasteiger partial charge in [-0.25, -0.2) is 4.39 Å². The molecule has 0 aromatic heterocycles. The summed E-state index contributed by atoms with van der Waals surface area (Å²) in [5.74, 6) is 0.768. The molecule has 0 aliphatic heterocycles. The van der Waals surface area contributed by atoms with E-state index in [1.807, 2.05) is 0 Å². The third-order valence-electron chi connectivity index (χ3n) is 3.20. The molecular weight excluding hydrogens is 249 g/mol. The molecule has 3 atom stereocenters. The SMILES string of the molecule is CCNC(CS(=O)c1ccc(F)cc1)C(C)CC. The van der Waals surface area contributed by atoms with Gasteiger partial charge >= 0.3 is 0 Å². The van der Waals surface area contributed by atoms with Crippen molar-refractivity contribution in [1.29, 1.82) is 0 Å². The summed E-state index contributed by atoms with van der Waals surface area (Å²) in [6.07, 6.45) is 1.05. The van der Waals surface area contributed by atoms with Crippen molar-refractivity contribution in [2.45, 2.75) is 38.1 Å². The summed E-state index contributed by atoms with van der Waals surface area (Å²) >= 11 is 0. The Labute approximate surface area is 111 Å². The molecule has 1 rings (SSSR count). The number of benzene rings is 1. The molecule has 0 amide bonds.